The molecule has 6 aliphatic rings. The first kappa shape index (κ1) is 112. The van der Waals surface area contributed by atoms with Gasteiger partial charge in [-0.2, -0.15) is 0 Å². The van der Waals surface area contributed by atoms with Crippen LogP contribution in [-0.2, 0) is 187 Å². The van der Waals surface area contributed by atoms with Crippen LogP contribution in [-0.4, -0.2) is 470 Å². The summed E-state index contributed by atoms with van der Waals surface area (Å²) in [5.74, 6) is -1.08. The highest BCUT2D eigenvalue weighted by Crippen LogP contribution is 2.40. The number of hydrogen-bond donors (Lipinski definition) is 11. The molecule has 135 heavy (non-hydrogen) atoms. The number of aliphatic hydroxyl groups is 6. The van der Waals surface area contributed by atoms with Crippen molar-refractivity contribution in [1.82, 2.24) is 71.6 Å². The van der Waals surface area contributed by atoms with E-state index in [-0.39, 0.29) is 235 Å². The van der Waals surface area contributed by atoms with Gasteiger partial charge in [0.1, 0.15) is 94.2 Å². The first-order valence-corrected chi connectivity index (χ1v) is 46.6. The number of unbranched alkanes of at least 4 members (excludes halogenated alkanes) is 2. The van der Waals surface area contributed by atoms with Crippen molar-refractivity contribution >= 4 is 46.4 Å². The molecule has 3 aromatic heterocycles. The van der Waals surface area contributed by atoms with Gasteiger partial charge in [0, 0.05) is 52.8 Å². The lowest BCUT2D eigenvalue weighted by Crippen LogP contribution is -2.66. The Hall–Kier alpha value is -6.45. The minimum atomic E-state index is -1.35. The first-order valence-electron chi connectivity index (χ1n) is 45.6. The molecular formula is C83H140N14O37S. The SMILES string of the molecule is CC(=O)N[C@H]1[C@@H]2OC[C@](COCCOCCOCCOCCn3cc(COCC(COCc4cn(CCOCCOCCOCCOC[C@@]56CO[C@@H](O5)[C@H](NC(C)=O)[C@@H](O)[C@H]6O)nn4)(COCc4cn(CCOCCOCCOCCOC[C@@]56CO[C@@H](O5)[C@H](NC(C)=O)[C@@H](O)[C@H]6O)nn4)NC(=O)CCCCCNC(=O)CCOCCOCCOCCOCCSC(C)=O)nn3)(O2)[C@H](O)[C@@H]1O. The van der Waals surface area contributed by atoms with Gasteiger partial charge in [0.15, 0.2) is 24.0 Å². The van der Waals surface area contributed by atoms with Gasteiger partial charge in [-0.3, -0.25) is 28.8 Å². The number of carbonyl (C=O) groups is 6. The Morgan fingerprint density at radius 3 is 0.985 bits per heavy atom. The average molecular weight is 1960 g/mol. The van der Waals surface area contributed by atoms with Gasteiger partial charge in [-0.15, -0.1) is 15.3 Å². The molecule has 0 unspecified atom stereocenters. The summed E-state index contributed by atoms with van der Waals surface area (Å²) in [5, 5.41) is 104. The maximum absolute atomic E-state index is 14.3. The molecule has 5 amide bonds. The van der Waals surface area contributed by atoms with Crippen LogP contribution in [0.5, 0.6) is 0 Å². The summed E-state index contributed by atoms with van der Waals surface area (Å²) in [6.45, 7) is 14.5. The van der Waals surface area contributed by atoms with E-state index in [1.165, 1.54) is 39.5 Å². The molecule has 52 heteroatoms. The zero-order valence-corrected chi connectivity index (χ0v) is 78.3. The minimum absolute atomic E-state index is 0.0221. The second kappa shape index (κ2) is 62.7. The third-order valence-corrected chi connectivity index (χ3v) is 22.3. The molecule has 6 fully saturated rings. The van der Waals surface area contributed by atoms with Crippen molar-refractivity contribution in [3.63, 3.8) is 0 Å². The molecule has 6 saturated heterocycles. The molecular weight excluding hydrogens is 1820 g/mol. The Morgan fingerprint density at radius 1 is 0.378 bits per heavy atom. The maximum atomic E-state index is 14.3. The van der Waals surface area contributed by atoms with Crippen molar-refractivity contribution in [2.24, 2.45) is 0 Å². The van der Waals surface area contributed by atoms with Gasteiger partial charge in [0.2, 0.25) is 29.5 Å². The highest BCUT2D eigenvalue weighted by Gasteiger charge is 2.62. The Bertz CT molecular complexity index is 3510. The topological polar surface area (TPSA) is 607 Å². The van der Waals surface area contributed by atoms with E-state index in [4.69, 9.17) is 118 Å². The van der Waals surface area contributed by atoms with Gasteiger partial charge in [-0.25, -0.2) is 14.0 Å². The standard InChI is InChI=1S/C83H140N14O37S/c1-59(98)85-68-71(104)74(107)81(56-129-77(68)132-81)53-123-39-36-119-31-28-115-23-19-111-15-11-95-44-63(89-92-95)47-126-50-80(88-67(103)8-6-5-7-10-84-66(102)9-14-110-18-22-114-26-27-118-34-35-122-42-43-135-62(4)101,51-127-48-64-45-96(93-90-64)12-16-112-20-24-116-29-32-120-37-40-124-54-82-57-130-78(133-82)69(86-60(2)99)72(105)75(82)108)52-128-49-65-46-97(94-91-65)13-17-113-21-25-117-30-33-121-38-41-125-55-83-58-131-79(134-83)70(87-61(3)100)73(106)76(83)109/h44-46,68-79,104-109H,5-43,47-58H2,1-4H3,(H,84,102)(H,85,98)(H,86,99)(H,87,100)(H,88,103)/t68-,69-,70-,71-,72-,73-,74-,75-,76-,77-,78+,79+,81+,82+,83+/m1/s1. The molecule has 0 aliphatic carbocycles. The summed E-state index contributed by atoms with van der Waals surface area (Å²) in [6, 6.07) is -2.75. The van der Waals surface area contributed by atoms with Crippen molar-refractivity contribution in [2.45, 2.75) is 195 Å². The van der Waals surface area contributed by atoms with Crippen LogP contribution in [0.15, 0.2) is 18.6 Å². The van der Waals surface area contributed by atoms with Crippen LogP contribution in [0.4, 0.5) is 0 Å². The third kappa shape index (κ3) is 40.2. The van der Waals surface area contributed by atoms with Crippen LogP contribution in [0.1, 0.15) is 76.9 Å². The molecule has 0 saturated carbocycles. The van der Waals surface area contributed by atoms with Crippen LogP contribution in [0.2, 0.25) is 0 Å². The number of fused-ring (bicyclic) bond motifs is 6. The zero-order chi connectivity index (χ0) is 96.2. The monoisotopic (exact) mass is 1960 g/mol. The fraction of sp³-hybridized carbons (Fsp3) is 0.855. The highest BCUT2D eigenvalue weighted by molar-refractivity contribution is 8.13. The second-order valence-electron chi connectivity index (χ2n) is 32.7. The Balaban J connectivity index is 0.703. The number of aromatic nitrogens is 9. The lowest BCUT2D eigenvalue weighted by atomic mass is 9.88. The van der Waals surface area contributed by atoms with E-state index in [0.29, 0.717) is 134 Å². The number of nitrogens with one attached hydrogen (secondary N) is 5. The average Bonchev–Trinajstić information content (AvgIpc) is 1.62. The number of nitrogens with zero attached hydrogens (tertiary/aromatic N) is 9. The molecule has 9 heterocycles. The van der Waals surface area contributed by atoms with Crippen LogP contribution in [0.25, 0.3) is 0 Å². The smallest absolute Gasteiger partial charge is 0.222 e. The molecule has 6 aliphatic heterocycles. The van der Waals surface area contributed by atoms with E-state index < -0.39 is 114 Å². The quantitative estimate of drug-likeness (QED) is 0.0234. The molecule has 15 atom stereocenters. The van der Waals surface area contributed by atoms with Crippen LogP contribution >= 0.6 is 11.8 Å². The second-order valence-corrected chi connectivity index (χ2v) is 33.9. The summed E-state index contributed by atoms with van der Waals surface area (Å²) in [4.78, 5) is 72.9. The molecule has 0 spiro atoms. The van der Waals surface area contributed by atoms with E-state index in [9.17, 15) is 59.4 Å². The van der Waals surface area contributed by atoms with E-state index in [0.717, 1.165) is 0 Å². The van der Waals surface area contributed by atoms with E-state index in [2.05, 4.69) is 57.5 Å². The van der Waals surface area contributed by atoms with Crippen molar-refractivity contribution in [1.29, 1.82) is 0 Å². The Labute approximate surface area is 786 Å². The van der Waals surface area contributed by atoms with Crippen molar-refractivity contribution in [3.8, 4) is 0 Å². The minimum Gasteiger partial charge on any atom is -0.388 e. The summed E-state index contributed by atoms with van der Waals surface area (Å²) in [5.41, 5.74) is -3.75. The van der Waals surface area contributed by atoms with Crippen molar-refractivity contribution in [2.75, 3.05) is 263 Å². The summed E-state index contributed by atoms with van der Waals surface area (Å²) >= 11 is 1.22. The summed E-state index contributed by atoms with van der Waals surface area (Å²) < 4.78 is 149. The van der Waals surface area contributed by atoms with Crippen LogP contribution in [0.3, 0.4) is 0 Å². The first-order chi connectivity index (χ1) is 65.5. The molecule has 0 radical (unpaired) electrons. The highest BCUT2D eigenvalue weighted by atomic mass is 32.2. The van der Waals surface area contributed by atoms with Gasteiger partial charge in [0.05, 0.1) is 309 Å². The summed E-state index contributed by atoms with van der Waals surface area (Å²) in [7, 11) is 0. The van der Waals surface area contributed by atoms with E-state index in [1.54, 1.807) is 32.6 Å². The fourth-order valence-corrected chi connectivity index (χ4v) is 15.2. The predicted molar refractivity (Wildman–Crippen MR) is 462 cm³/mol. The van der Waals surface area contributed by atoms with Crippen molar-refractivity contribution < 1.29 is 178 Å². The third-order valence-electron chi connectivity index (χ3n) is 21.6. The van der Waals surface area contributed by atoms with E-state index in [1.807, 2.05) is 0 Å². The number of aliphatic hydroxyl groups excluding tert-OH is 6. The lowest BCUT2D eigenvalue weighted by Gasteiger charge is -2.42. The molecule has 0 aromatic carbocycles. The van der Waals surface area contributed by atoms with E-state index >= 15 is 0 Å². The lowest BCUT2D eigenvalue weighted by molar-refractivity contribution is -0.238. The number of thioether (sulfide) groups is 1. The zero-order valence-electron chi connectivity index (χ0n) is 77.5. The largest absolute Gasteiger partial charge is 0.388 e. The van der Waals surface area contributed by atoms with Gasteiger partial charge in [-0.1, -0.05) is 33.8 Å². The van der Waals surface area contributed by atoms with Crippen LogP contribution < -0.4 is 26.6 Å². The van der Waals surface area contributed by atoms with Crippen LogP contribution in [0, 0.1) is 0 Å². The van der Waals surface area contributed by atoms with Crippen molar-refractivity contribution in [3.05, 3.63) is 35.7 Å². The maximum Gasteiger partial charge on any atom is 0.222 e. The molecule has 770 valence electrons. The van der Waals surface area contributed by atoms with Gasteiger partial charge in [0.25, 0.3) is 0 Å². The molecule has 11 N–H and O–H groups in total. The summed E-state index contributed by atoms with van der Waals surface area (Å²) in [6.07, 6.45) is -3.65. The number of rotatable bonds is 79. The molecule has 9 rings (SSSR count). The molecule has 6 bridgehead atoms. The Morgan fingerprint density at radius 2 is 0.674 bits per heavy atom. The van der Waals surface area contributed by atoms with Gasteiger partial charge < -0.3 is 176 Å². The number of carbonyl (C=O) groups excluding carboxylic acids is 6. The normalized spacial score (nSPS) is 24.6. The molecule has 3 aromatic rings. The predicted octanol–water partition coefficient (Wildman–Crippen LogP) is -6.07. The number of hydrogen-bond acceptors (Lipinski definition) is 44. The number of ether oxygens (including phenoxy) is 25. The van der Waals surface area contributed by atoms with Gasteiger partial charge in [-0.05, 0) is 12.8 Å². The molecule has 51 nitrogen and oxygen atoms in total. The fourth-order valence-electron chi connectivity index (χ4n) is 14.7. The van der Waals surface area contributed by atoms with Gasteiger partial charge >= 0.3 is 0 Å². The number of amides is 5. The Kier molecular flexibility index (Phi) is 52.1.